The number of anilines is 1. The molecule has 0 aliphatic heterocycles. The number of nitrogens with one attached hydrogen (secondary N) is 2. The molecule has 1 amide bonds. The minimum atomic E-state index is -4.38. The van der Waals surface area contributed by atoms with Crippen LogP contribution in [0.1, 0.15) is 16.1 Å². The van der Waals surface area contributed by atoms with E-state index in [1.807, 2.05) is 0 Å². The predicted molar refractivity (Wildman–Crippen MR) is 85.6 cm³/mol. The number of carbonyl (C=O) groups excluding carboxylic acids is 1. The molecule has 6 heteroatoms. The lowest BCUT2D eigenvalue weighted by molar-refractivity contribution is -0.137. The van der Waals surface area contributed by atoms with Crippen LogP contribution in [0.25, 0.3) is 11.1 Å². The van der Waals surface area contributed by atoms with Gasteiger partial charge in [-0.05, 0) is 35.9 Å². The zero-order valence-electron chi connectivity index (χ0n) is 12.4. The number of aromatic nitrogens is 1. The predicted octanol–water partition coefficient (Wildman–Crippen LogP) is 4.95. The second kappa shape index (κ2) is 6.23. The van der Waals surface area contributed by atoms with Gasteiger partial charge in [-0.15, -0.1) is 0 Å². The van der Waals surface area contributed by atoms with Crippen LogP contribution in [0, 0.1) is 0 Å². The van der Waals surface area contributed by atoms with Gasteiger partial charge in [0.2, 0.25) is 0 Å². The van der Waals surface area contributed by atoms with Crippen molar-refractivity contribution < 1.29 is 18.0 Å². The number of alkyl halides is 3. The first kappa shape index (κ1) is 15.9. The lowest BCUT2D eigenvalue weighted by Gasteiger charge is -2.12. The van der Waals surface area contributed by atoms with Gasteiger partial charge in [-0.2, -0.15) is 13.2 Å². The minimum absolute atomic E-state index is 0.320. The van der Waals surface area contributed by atoms with Gasteiger partial charge in [0.1, 0.15) is 5.69 Å². The van der Waals surface area contributed by atoms with E-state index in [-0.39, 0.29) is 5.91 Å². The monoisotopic (exact) mass is 330 g/mol. The molecule has 0 aliphatic carbocycles. The molecule has 24 heavy (non-hydrogen) atoms. The van der Waals surface area contributed by atoms with Crippen LogP contribution in [0.4, 0.5) is 18.9 Å². The summed E-state index contributed by atoms with van der Waals surface area (Å²) in [4.78, 5) is 15.0. The van der Waals surface area contributed by atoms with Crippen molar-refractivity contribution in [1.29, 1.82) is 0 Å². The number of benzene rings is 2. The molecule has 0 fully saturated rings. The van der Waals surface area contributed by atoms with E-state index < -0.39 is 11.7 Å². The topological polar surface area (TPSA) is 44.9 Å². The summed E-state index contributed by atoms with van der Waals surface area (Å²) in [5.41, 5.74) is 1.45. The molecular weight excluding hydrogens is 317 g/mol. The number of H-pyrrole nitrogens is 1. The lowest BCUT2D eigenvalue weighted by Crippen LogP contribution is -2.12. The van der Waals surface area contributed by atoms with Crippen molar-refractivity contribution in [1.82, 2.24) is 4.98 Å². The number of amides is 1. The summed E-state index contributed by atoms with van der Waals surface area (Å²) in [6.45, 7) is 0. The maximum atomic E-state index is 12.7. The Hall–Kier alpha value is -3.02. The number of hydrogen-bond acceptors (Lipinski definition) is 1. The Labute approximate surface area is 136 Å². The first-order valence-electron chi connectivity index (χ1n) is 7.16. The van der Waals surface area contributed by atoms with Crippen LogP contribution in [0.2, 0.25) is 0 Å². The van der Waals surface area contributed by atoms with E-state index in [1.54, 1.807) is 42.6 Å². The maximum absolute atomic E-state index is 12.7. The third-order valence-electron chi connectivity index (χ3n) is 3.54. The van der Waals surface area contributed by atoms with Gasteiger partial charge in [0, 0.05) is 17.4 Å². The largest absolute Gasteiger partial charge is 0.416 e. The van der Waals surface area contributed by atoms with E-state index in [9.17, 15) is 18.0 Å². The summed E-state index contributed by atoms with van der Waals surface area (Å²) in [6.07, 6.45) is -2.74. The highest BCUT2D eigenvalue weighted by Gasteiger charge is 2.30. The Morgan fingerprint density at radius 3 is 2.25 bits per heavy atom. The first-order chi connectivity index (χ1) is 11.4. The zero-order chi connectivity index (χ0) is 17.2. The standard InChI is InChI=1S/C18H13F3N2O/c19-18(20,21)13-9-7-12(8-10-13)14-4-1-2-5-15(14)23-17(24)16-6-3-11-22-16/h1-11,22H,(H,23,24). The summed E-state index contributed by atoms with van der Waals surface area (Å²) in [5.74, 6) is -0.320. The van der Waals surface area contributed by atoms with Crippen molar-refractivity contribution in [3.63, 3.8) is 0 Å². The highest BCUT2D eigenvalue weighted by molar-refractivity contribution is 6.05. The average Bonchev–Trinajstić information content (AvgIpc) is 3.09. The average molecular weight is 330 g/mol. The summed E-state index contributed by atoms with van der Waals surface area (Å²) in [7, 11) is 0. The van der Waals surface area contributed by atoms with Crippen LogP contribution in [-0.4, -0.2) is 10.9 Å². The highest BCUT2D eigenvalue weighted by atomic mass is 19.4. The Bertz CT molecular complexity index is 837. The van der Waals surface area contributed by atoms with Crippen LogP contribution in [-0.2, 0) is 6.18 Å². The van der Waals surface area contributed by atoms with Gasteiger partial charge in [-0.3, -0.25) is 4.79 Å². The molecule has 1 heterocycles. The van der Waals surface area contributed by atoms with Gasteiger partial charge in [-0.1, -0.05) is 30.3 Å². The Balaban J connectivity index is 1.90. The SMILES string of the molecule is O=C(Nc1ccccc1-c1ccc(C(F)(F)F)cc1)c1ccc[nH]1. The summed E-state index contributed by atoms with van der Waals surface area (Å²) in [6, 6.07) is 15.1. The Kier molecular flexibility index (Phi) is 4.12. The molecular formula is C18H13F3N2O. The quantitative estimate of drug-likeness (QED) is 0.701. The van der Waals surface area contributed by atoms with E-state index in [1.165, 1.54) is 12.1 Å². The number of rotatable bonds is 3. The molecule has 3 nitrogen and oxygen atoms in total. The van der Waals surface area contributed by atoms with Gasteiger partial charge >= 0.3 is 6.18 Å². The summed E-state index contributed by atoms with van der Waals surface area (Å²) in [5, 5.41) is 2.76. The van der Waals surface area contributed by atoms with Gasteiger partial charge in [0.05, 0.1) is 5.56 Å². The van der Waals surface area contributed by atoms with E-state index in [4.69, 9.17) is 0 Å². The molecule has 0 atom stereocenters. The van der Waals surface area contributed by atoms with Crippen molar-refractivity contribution in [3.8, 4) is 11.1 Å². The number of carbonyl (C=O) groups is 1. The maximum Gasteiger partial charge on any atom is 0.416 e. The van der Waals surface area contributed by atoms with E-state index in [2.05, 4.69) is 10.3 Å². The third kappa shape index (κ3) is 3.32. The molecule has 0 bridgehead atoms. The number of hydrogen-bond donors (Lipinski definition) is 2. The van der Waals surface area contributed by atoms with E-state index in [0.29, 0.717) is 22.5 Å². The fourth-order valence-electron chi connectivity index (χ4n) is 2.34. The van der Waals surface area contributed by atoms with Crippen molar-refractivity contribution in [2.24, 2.45) is 0 Å². The van der Waals surface area contributed by atoms with Crippen molar-refractivity contribution in [2.45, 2.75) is 6.18 Å². The number of halogens is 3. The smallest absolute Gasteiger partial charge is 0.357 e. The third-order valence-corrected chi connectivity index (χ3v) is 3.54. The molecule has 122 valence electrons. The summed E-state index contributed by atoms with van der Waals surface area (Å²) < 4.78 is 38.0. The van der Waals surface area contributed by atoms with E-state index >= 15 is 0 Å². The molecule has 1 aromatic heterocycles. The molecule has 3 aromatic rings. The van der Waals surface area contributed by atoms with Gasteiger partial charge < -0.3 is 10.3 Å². The molecule has 0 saturated heterocycles. The van der Waals surface area contributed by atoms with E-state index in [0.717, 1.165) is 12.1 Å². The normalized spacial score (nSPS) is 11.3. The molecule has 0 radical (unpaired) electrons. The zero-order valence-corrected chi connectivity index (χ0v) is 12.4. The second-order valence-electron chi connectivity index (χ2n) is 5.16. The molecule has 0 unspecified atom stereocenters. The van der Waals surface area contributed by atoms with Crippen LogP contribution in [0.15, 0.2) is 66.9 Å². The van der Waals surface area contributed by atoms with Gasteiger partial charge in [-0.25, -0.2) is 0 Å². The number of para-hydroxylation sites is 1. The Morgan fingerprint density at radius 2 is 1.62 bits per heavy atom. The summed E-state index contributed by atoms with van der Waals surface area (Å²) >= 11 is 0. The molecule has 2 N–H and O–H groups in total. The van der Waals surface area contributed by atoms with Crippen molar-refractivity contribution in [3.05, 3.63) is 78.1 Å². The first-order valence-corrected chi connectivity index (χ1v) is 7.16. The minimum Gasteiger partial charge on any atom is -0.357 e. The highest BCUT2D eigenvalue weighted by Crippen LogP contribution is 2.33. The molecule has 2 aromatic carbocycles. The van der Waals surface area contributed by atoms with Crippen LogP contribution < -0.4 is 5.32 Å². The Morgan fingerprint density at radius 1 is 0.917 bits per heavy atom. The molecule has 0 aliphatic rings. The van der Waals surface area contributed by atoms with Gasteiger partial charge in [0.25, 0.3) is 5.91 Å². The van der Waals surface area contributed by atoms with Crippen molar-refractivity contribution in [2.75, 3.05) is 5.32 Å². The van der Waals surface area contributed by atoms with Crippen LogP contribution >= 0.6 is 0 Å². The molecule has 0 saturated carbocycles. The van der Waals surface area contributed by atoms with Crippen LogP contribution in [0.5, 0.6) is 0 Å². The molecule has 3 rings (SSSR count). The van der Waals surface area contributed by atoms with Gasteiger partial charge in [0.15, 0.2) is 0 Å². The van der Waals surface area contributed by atoms with Crippen LogP contribution in [0.3, 0.4) is 0 Å². The molecule has 0 spiro atoms. The fourth-order valence-corrected chi connectivity index (χ4v) is 2.34. The fraction of sp³-hybridized carbons (Fsp3) is 0.0556. The lowest BCUT2D eigenvalue weighted by atomic mass is 10.0. The second-order valence-corrected chi connectivity index (χ2v) is 5.16. The number of aromatic amines is 1. The van der Waals surface area contributed by atoms with Crippen molar-refractivity contribution >= 4 is 11.6 Å².